The first-order chi connectivity index (χ1) is 8.58. The molecule has 0 aliphatic heterocycles. The molecule has 1 aromatic rings. The van der Waals surface area contributed by atoms with Crippen molar-refractivity contribution in [3.8, 4) is 0 Å². The molecule has 1 unspecified atom stereocenters. The fourth-order valence-corrected chi connectivity index (χ4v) is 1.48. The van der Waals surface area contributed by atoms with Crippen LogP contribution in [-0.2, 0) is 20.7 Å². The molecule has 0 saturated heterocycles. The minimum absolute atomic E-state index is 0. The van der Waals surface area contributed by atoms with Crippen molar-refractivity contribution in [2.75, 3.05) is 12.4 Å². The van der Waals surface area contributed by atoms with Crippen molar-refractivity contribution in [1.29, 1.82) is 0 Å². The molecule has 0 spiro atoms. The molecule has 1 atom stereocenters. The smallest absolute Gasteiger partial charge is 0.550 e. The Morgan fingerprint density at radius 2 is 2.11 bits per heavy atom. The molecule has 1 aromatic carbocycles. The van der Waals surface area contributed by atoms with Gasteiger partial charge in [-0.15, -0.1) is 6.58 Å². The summed E-state index contributed by atoms with van der Waals surface area (Å²) in [4.78, 5) is 22.0. The van der Waals surface area contributed by atoms with Gasteiger partial charge in [0.15, 0.2) is 0 Å². The zero-order valence-electron chi connectivity index (χ0n) is 11.0. The molecule has 0 radical (unpaired) electrons. The van der Waals surface area contributed by atoms with E-state index in [2.05, 4.69) is 16.6 Å². The number of carbonyl (C=O) groups is 2. The average Bonchev–Trinajstić information content (AvgIpc) is 2.36. The molecule has 0 aliphatic carbocycles. The summed E-state index contributed by atoms with van der Waals surface area (Å²) in [7, 11) is 1.27. The largest absolute Gasteiger partial charge is 1.00 e. The van der Waals surface area contributed by atoms with Crippen molar-refractivity contribution in [1.82, 2.24) is 0 Å². The summed E-state index contributed by atoms with van der Waals surface area (Å²) in [6.07, 6.45) is 1.16. The van der Waals surface area contributed by atoms with Gasteiger partial charge >= 0.3 is 35.5 Å². The molecule has 6 heteroatoms. The maximum Gasteiger partial charge on any atom is 1.00 e. The Balaban J connectivity index is 0.00000324. The number of nitrogens with one attached hydrogen (secondary N) is 1. The standard InChI is InChI=1S/C13H15NO4.Na/c1-3-10(13(17)18-2)14-11-7-5-4-6-9(11)8-12(15)16;/h3-7,10,14H,1,8H2,2H3,(H,15,16);/q;+1/p-1. The molecule has 0 fully saturated rings. The Bertz CT molecular complexity index is 462. The fourth-order valence-electron chi connectivity index (χ4n) is 1.48. The van der Waals surface area contributed by atoms with Gasteiger partial charge in [-0.1, -0.05) is 24.3 Å². The summed E-state index contributed by atoms with van der Waals surface area (Å²) in [5.74, 6) is -1.68. The van der Waals surface area contributed by atoms with E-state index in [1.54, 1.807) is 24.3 Å². The van der Waals surface area contributed by atoms with Gasteiger partial charge in [0.05, 0.1) is 7.11 Å². The van der Waals surface area contributed by atoms with Crippen LogP contribution in [0.15, 0.2) is 36.9 Å². The minimum Gasteiger partial charge on any atom is -0.550 e. The third kappa shape index (κ3) is 5.46. The molecule has 1 rings (SSSR count). The first-order valence-electron chi connectivity index (χ1n) is 5.33. The summed E-state index contributed by atoms with van der Waals surface area (Å²) in [5, 5.41) is 13.5. The number of hydrogen-bond donors (Lipinski definition) is 1. The number of aliphatic carboxylic acids is 1. The van der Waals surface area contributed by atoms with Gasteiger partial charge in [0, 0.05) is 18.1 Å². The van der Waals surface area contributed by atoms with Crippen LogP contribution in [0.25, 0.3) is 0 Å². The number of carboxylic acids is 1. The van der Waals surface area contributed by atoms with Gasteiger partial charge in [-0.05, 0) is 11.6 Å². The molecule has 96 valence electrons. The topological polar surface area (TPSA) is 78.5 Å². The van der Waals surface area contributed by atoms with Crippen molar-refractivity contribution >= 4 is 17.6 Å². The maximum absolute atomic E-state index is 11.4. The zero-order valence-corrected chi connectivity index (χ0v) is 13.0. The second-order valence-corrected chi connectivity index (χ2v) is 3.59. The minimum atomic E-state index is -1.18. The quantitative estimate of drug-likeness (QED) is 0.342. The number of carboxylic acid groups (broad SMARTS) is 1. The average molecular weight is 271 g/mol. The van der Waals surface area contributed by atoms with Gasteiger partial charge in [-0.25, -0.2) is 4.79 Å². The molecular formula is C13H14NNaO4. The van der Waals surface area contributed by atoms with Gasteiger partial charge in [0.25, 0.3) is 0 Å². The molecule has 0 aromatic heterocycles. The van der Waals surface area contributed by atoms with Gasteiger partial charge in [-0.3, -0.25) is 0 Å². The third-order valence-electron chi connectivity index (χ3n) is 2.35. The van der Waals surface area contributed by atoms with Crippen LogP contribution in [0, 0.1) is 0 Å². The Hall–Kier alpha value is -1.30. The molecule has 0 saturated carbocycles. The van der Waals surface area contributed by atoms with Gasteiger partial charge < -0.3 is 20.0 Å². The number of esters is 1. The number of para-hydroxylation sites is 1. The summed E-state index contributed by atoms with van der Waals surface area (Å²) in [6, 6.07) is 6.05. The predicted octanol–water partition coefficient (Wildman–Crippen LogP) is -2.88. The Morgan fingerprint density at radius 3 is 2.63 bits per heavy atom. The normalized spacial score (nSPS) is 10.8. The van der Waals surface area contributed by atoms with Crippen molar-refractivity contribution in [3.05, 3.63) is 42.5 Å². The summed E-state index contributed by atoms with van der Waals surface area (Å²) in [6.45, 7) is 3.52. The second kappa shape index (κ2) is 8.74. The van der Waals surface area contributed by atoms with E-state index in [0.29, 0.717) is 11.3 Å². The molecular weight excluding hydrogens is 257 g/mol. The number of carbonyl (C=O) groups excluding carboxylic acids is 2. The van der Waals surface area contributed by atoms with Crippen LogP contribution in [-0.4, -0.2) is 25.1 Å². The van der Waals surface area contributed by atoms with Gasteiger partial charge in [-0.2, -0.15) is 0 Å². The van der Waals surface area contributed by atoms with Gasteiger partial charge in [0.1, 0.15) is 6.04 Å². The Labute approximate surface area is 133 Å². The van der Waals surface area contributed by atoms with E-state index in [9.17, 15) is 14.7 Å². The zero-order chi connectivity index (χ0) is 13.5. The number of hydrogen-bond acceptors (Lipinski definition) is 5. The van der Waals surface area contributed by atoms with Crippen LogP contribution in [0.5, 0.6) is 0 Å². The number of benzene rings is 1. The number of methoxy groups -OCH3 is 1. The SMILES string of the molecule is C=CC(Nc1ccccc1CC(=O)[O-])C(=O)OC.[Na+]. The Morgan fingerprint density at radius 1 is 1.47 bits per heavy atom. The first-order valence-corrected chi connectivity index (χ1v) is 5.33. The molecule has 0 heterocycles. The third-order valence-corrected chi connectivity index (χ3v) is 2.35. The molecule has 1 N–H and O–H groups in total. The van der Waals surface area contributed by atoms with E-state index >= 15 is 0 Å². The van der Waals surface area contributed by atoms with E-state index < -0.39 is 18.0 Å². The van der Waals surface area contributed by atoms with E-state index in [-0.39, 0.29) is 36.0 Å². The van der Waals surface area contributed by atoms with E-state index in [0.717, 1.165) is 0 Å². The second-order valence-electron chi connectivity index (χ2n) is 3.59. The fraction of sp³-hybridized carbons (Fsp3) is 0.231. The van der Waals surface area contributed by atoms with Crippen molar-refractivity contribution < 1.29 is 49.0 Å². The van der Waals surface area contributed by atoms with Crippen LogP contribution < -0.4 is 40.0 Å². The molecule has 0 aliphatic rings. The van der Waals surface area contributed by atoms with Crippen LogP contribution in [0.3, 0.4) is 0 Å². The molecule has 19 heavy (non-hydrogen) atoms. The summed E-state index contributed by atoms with van der Waals surface area (Å²) >= 11 is 0. The number of anilines is 1. The number of ether oxygens (including phenoxy) is 1. The summed E-state index contributed by atoms with van der Waals surface area (Å²) < 4.78 is 4.60. The first kappa shape index (κ1) is 17.7. The van der Waals surface area contributed by atoms with Crippen LogP contribution in [0.1, 0.15) is 5.56 Å². The van der Waals surface area contributed by atoms with Crippen molar-refractivity contribution in [3.63, 3.8) is 0 Å². The molecule has 0 amide bonds. The van der Waals surface area contributed by atoms with Crippen molar-refractivity contribution in [2.24, 2.45) is 0 Å². The van der Waals surface area contributed by atoms with Crippen LogP contribution in [0.4, 0.5) is 5.69 Å². The van der Waals surface area contributed by atoms with Gasteiger partial charge in [0.2, 0.25) is 0 Å². The monoisotopic (exact) mass is 271 g/mol. The number of rotatable bonds is 6. The van der Waals surface area contributed by atoms with Crippen LogP contribution >= 0.6 is 0 Å². The maximum atomic E-state index is 11.4. The Kier molecular flexibility index (Phi) is 8.14. The summed E-state index contributed by atoms with van der Waals surface area (Å²) in [5.41, 5.74) is 1.07. The molecule has 5 nitrogen and oxygen atoms in total. The predicted molar refractivity (Wildman–Crippen MR) is 64.8 cm³/mol. The van der Waals surface area contributed by atoms with E-state index in [1.165, 1.54) is 13.2 Å². The van der Waals surface area contributed by atoms with E-state index in [1.807, 2.05) is 0 Å². The molecule has 0 bridgehead atoms. The van der Waals surface area contributed by atoms with Crippen molar-refractivity contribution in [2.45, 2.75) is 12.5 Å². The van der Waals surface area contributed by atoms with E-state index in [4.69, 9.17) is 0 Å². The van der Waals surface area contributed by atoms with Crippen LogP contribution in [0.2, 0.25) is 0 Å².